The monoisotopic (exact) mass is 303 g/mol. The largest absolute Gasteiger partial charge is 0.387 e. The van der Waals surface area contributed by atoms with Crippen molar-refractivity contribution >= 4 is 5.82 Å². The summed E-state index contributed by atoms with van der Waals surface area (Å²) in [6.45, 7) is 3.83. The third-order valence-corrected chi connectivity index (χ3v) is 3.79. The average Bonchev–Trinajstić information content (AvgIpc) is 3.05. The number of pyridine rings is 1. The molecule has 0 saturated carbocycles. The van der Waals surface area contributed by atoms with Crippen molar-refractivity contribution in [1.82, 2.24) is 20.0 Å². The summed E-state index contributed by atoms with van der Waals surface area (Å²) in [5.74, 6) is 1.93. The molecular formula is C15H21N5O2. The predicted molar refractivity (Wildman–Crippen MR) is 82.6 cm³/mol. The number of aromatic nitrogens is 3. The van der Waals surface area contributed by atoms with Crippen LogP contribution in [-0.4, -0.2) is 64.5 Å². The average molecular weight is 303 g/mol. The number of hydrogen-bond acceptors (Lipinski definition) is 7. The summed E-state index contributed by atoms with van der Waals surface area (Å²) < 4.78 is 5.13. The first-order valence-electron chi connectivity index (χ1n) is 7.34. The molecule has 0 aromatic carbocycles. The molecule has 1 aliphatic rings. The first-order valence-corrected chi connectivity index (χ1v) is 7.34. The summed E-state index contributed by atoms with van der Waals surface area (Å²) in [6, 6.07) is 3.84. The van der Waals surface area contributed by atoms with Gasteiger partial charge in [-0.2, -0.15) is 4.98 Å². The Morgan fingerprint density at radius 1 is 1.41 bits per heavy atom. The highest BCUT2D eigenvalue weighted by atomic mass is 16.5. The van der Waals surface area contributed by atoms with E-state index in [-0.39, 0.29) is 0 Å². The van der Waals surface area contributed by atoms with Crippen molar-refractivity contribution in [2.75, 3.05) is 38.6 Å². The highest BCUT2D eigenvalue weighted by Crippen LogP contribution is 2.27. The molecule has 22 heavy (non-hydrogen) atoms. The molecule has 1 N–H and O–H groups in total. The molecular weight excluding hydrogens is 282 g/mol. The number of nitrogens with zero attached hydrogens (tertiary/aromatic N) is 5. The van der Waals surface area contributed by atoms with E-state index in [1.54, 1.807) is 13.1 Å². The van der Waals surface area contributed by atoms with Gasteiger partial charge in [0.15, 0.2) is 5.82 Å². The molecule has 2 aromatic rings. The minimum atomic E-state index is -0.673. The van der Waals surface area contributed by atoms with Crippen LogP contribution in [0.15, 0.2) is 22.9 Å². The van der Waals surface area contributed by atoms with Crippen molar-refractivity contribution in [3.05, 3.63) is 24.2 Å². The van der Waals surface area contributed by atoms with E-state index in [9.17, 15) is 5.11 Å². The number of aryl methyl sites for hydroxylation is 1. The van der Waals surface area contributed by atoms with Crippen molar-refractivity contribution in [3.8, 4) is 11.5 Å². The molecule has 3 rings (SSSR count). The molecule has 1 unspecified atom stereocenters. The summed E-state index contributed by atoms with van der Waals surface area (Å²) in [6.07, 6.45) is 2.48. The molecule has 0 spiro atoms. The summed E-state index contributed by atoms with van der Waals surface area (Å²) in [4.78, 5) is 12.8. The van der Waals surface area contributed by atoms with Gasteiger partial charge in [-0.1, -0.05) is 5.16 Å². The standard InChI is InChI=1S/C15H21N5O2/c1-11-17-14(22-18-11)12-4-5-13(16-8-12)20-7-6-15(21,10-20)9-19(2)3/h4-5,8,21H,6-7,9-10H2,1-3H3. The Bertz CT molecular complexity index is 640. The first-order chi connectivity index (χ1) is 10.5. The predicted octanol–water partition coefficient (Wildman–Crippen LogP) is 0.943. The van der Waals surface area contributed by atoms with E-state index in [2.05, 4.69) is 20.0 Å². The second-order valence-corrected chi connectivity index (χ2v) is 6.19. The van der Waals surface area contributed by atoms with Crippen LogP contribution >= 0.6 is 0 Å². The Hall–Kier alpha value is -1.99. The Morgan fingerprint density at radius 2 is 2.23 bits per heavy atom. The maximum atomic E-state index is 10.6. The smallest absolute Gasteiger partial charge is 0.259 e. The molecule has 2 aromatic heterocycles. The molecule has 1 fully saturated rings. The van der Waals surface area contributed by atoms with E-state index in [4.69, 9.17) is 4.52 Å². The zero-order chi connectivity index (χ0) is 15.7. The van der Waals surface area contributed by atoms with Crippen LogP contribution in [0.1, 0.15) is 12.2 Å². The van der Waals surface area contributed by atoms with Gasteiger partial charge in [-0.3, -0.25) is 0 Å². The number of likely N-dealkylation sites (N-methyl/N-ethyl adjacent to an activating group) is 1. The Balaban J connectivity index is 1.71. The van der Waals surface area contributed by atoms with E-state index in [1.165, 1.54) is 0 Å². The molecule has 1 saturated heterocycles. The van der Waals surface area contributed by atoms with Gasteiger partial charge in [0.1, 0.15) is 5.82 Å². The summed E-state index contributed by atoms with van der Waals surface area (Å²) in [5, 5.41) is 14.4. The van der Waals surface area contributed by atoms with E-state index in [0.717, 1.165) is 24.3 Å². The van der Waals surface area contributed by atoms with Gasteiger partial charge in [0.2, 0.25) is 0 Å². The van der Waals surface area contributed by atoms with Crippen LogP contribution in [0.25, 0.3) is 11.5 Å². The van der Waals surface area contributed by atoms with Crippen LogP contribution in [0, 0.1) is 6.92 Å². The third-order valence-electron chi connectivity index (χ3n) is 3.79. The third kappa shape index (κ3) is 3.10. The summed E-state index contributed by atoms with van der Waals surface area (Å²) in [5.41, 5.74) is 0.125. The van der Waals surface area contributed by atoms with E-state index in [1.807, 2.05) is 31.1 Å². The fourth-order valence-electron chi connectivity index (χ4n) is 2.88. The van der Waals surface area contributed by atoms with Crippen molar-refractivity contribution in [2.24, 2.45) is 0 Å². The van der Waals surface area contributed by atoms with Gasteiger partial charge in [-0.25, -0.2) is 4.98 Å². The van der Waals surface area contributed by atoms with E-state index >= 15 is 0 Å². The SMILES string of the molecule is Cc1noc(-c2ccc(N3CCC(O)(CN(C)C)C3)nc2)n1. The summed E-state index contributed by atoms with van der Waals surface area (Å²) in [7, 11) is 3.94. The van der Waals surface area contributed by atoms with Crippen LogP contribution in [0.4, 0.5) is 5.82 Å². The van der Waals surface area contributed by atoms with Gasteiger partial charge in [0, 0.05) is 25.8 Å². The van der Waals surface area contributed by atoms with Crippen molar-refractivity contribution < 1.29 is 9.63 Å². The van der Waals surface area contributed by atoms with Crippen LogP contribution in [0.5, 0.6) is 0 Å². The van der Waals surface area contributed by atoms with Crippen molar-refractivity contribution in [3.63, 3.8) is 0 Å². The van der Waals surface area contributed by atoms with Crippen LogP contribution < -0.4 is 4.90 Å². The maximum absolute atomic E-state index is 10.6. The number of hydrogen-bond donors (Lipinski definition) is 1. The number of anilines is 1. The molecule has 0 radical (unpaired) electrons. The van der Waals surface area contributed by atoms with Crippen LogP contribution in [0.2, 0.25) is 0 Å². The number of β-amino-alcohol motifs (C(OH)–C–C–N with tert-alkyl or cyclic N) is 1. The zero-order valence-electron chi connectivity index (χ0n) is 13.2. The molecule has 3 heterocycles. The summed E-state index contributed by atoms with van der Waals surface area (Å²) >= 11 is 0. The quantitative estimate of drug-likeness (QED) is 0.900. The van der Waals surface area contributed by atoms with Gasteiger partial charge >= 0.3 is 0 Å². The topological polar surface area (TPSA) is 78.5 Å². The molecule has 1 aliphatic heterocycles. The van der Waals surface area contributed by atoms with Crippen LogP contribution in [0.3, 0.4) is 0 Å². The molecule has 118 valence electrons. The van der Waals surface area contributed by atoms with Gasteiger partial charge in [0.25, 0.3) is 5.89 Å². The molecule has 0 amide bonds. The minimum absolute atomic E-state index is 0.474. The maximum Gasteiger partial charge on any atom is 0.259 e. The Labute approximate surface area is 129 Å². The van der Waals surface area contributed by atoms with E-state index < -0.39 is 5.60 Å². The Kier molecular flexibility index (Phi) is 3.84. The number of aliphatic hydroxyl groups is 1. The molecule has 7 heteroatoms. The first kappa shape index (κ1) is 14.9. The van der Waals surface area contributed by atoms with Gasteiger partial charge < -0.3 is 19.4 Å². The highest BCUT2D eigenvalue weighted by Gasteiger charge is 2.36. The zero-order valence-corrected chi connectivity index (χ0v) is 13.2. The second-order valence-electron chi connectivity index (χ2n) is 6.19. The Morgan fingerprint density at radius 3 is 2.82 bits per heavy atom. The van der Waals surface area contributed by atoms with Gasteiger partial charge in [0.05, 0.1) is 11.2 Å². The van der Waals surface area contributed by atoms with Gasteiger partial charge in [-0.15, -0.1) is 0 Å². The lowest BCUT2D eigenvalue weighted by Gasteiger charge is -2.26. The minimum Gasteiger partial charge on any atom is -0.387 e. The van der Waals surface area contributed by atoms with Crippen molar-refractivity contribution in [2.45, 2.75) is 18.9 Å². The van der Waals surface area contributed by atoms with Gasteiger partial charge in [-0.05, 0) is 39.6 Å². The second kappa shape index (κ2) is 5.66. The van der Waals surface area contributed by atoms with Crippen LogP contribution in [-0.2, 0) is 0 Å². The lowest BCUT2D eigenvalue weighted by atomic mass is 10.0. The normalized spacial score (nSPS) is 21.8. The van der Waals surface area contributed by atoms with E-state index in [0.29, 0.717) is 24.8 Å². The molecule has 1 atom stereocenters. The highest BCUT2D eigenvalue weighted by molar-refractivity contribution is 5.55. The molecule has 7 nitrogen and oxygen atoms in total. The molecule has 0 aliphatic carbocycles. The lowest BCUT2D eigenvalue weighted by Crippen LogP contribution is -2.42. The fraction of sp³-hybridized carbons (Fsp3) is 0.533. The lowest BCUT2D eigenvalue weighted by molar-refractivity contribution is 0.0365. The van der Waals surface area contributed by atoms with Crippen molar-refractivity contribution in [1.29, 1.82) is 0 Å². The number of rotatable bonds is 4. The fourth-order valence-corrected chi connectivity index (χ4v) is 2.88. The molecule has 0 bridgehead atoms.